The lowest BCUT2D eigenvalue weighted by atomic mass is 10.2. The Bertz CT molecular complexity index is 564. The number of benzene rings is 1. The summed E-state index contributed by atoms with van der Waals surface area (Å²) in [6, 6.07) is 7.42. The van der Waals surface area contributed by atoms with Crippen molar-refractivity contribution in [3.8, 4) is 5.75 Å². The number of amides is 3. The minimum atomic E-state index is -0.151. The van der Waals surface area contributed by atoms with E-state index in [9.17, 15) is 9.59 Å². The predicted molar refractivity (Wildman–Crippen MR) is 84.4 cm³/mol. The minimum absolute atomic E-state index is 0.0537. The van der Waals surface area contributed by atoms with Crippen LogP contribution in [0, 0.1) is 0 Å². The number of nitrogens with zero attached hydrogens (tertiary/aromatic N) is 2. The molecule has 6 heteroatoms. The second-order valence-electron chi connectivity index (χ2n) is 5.05. The van der Waals surface area contributed by atoms with Crippen LogP contribution in [-0.2, 0) is 4.79 Å². The molecule has 0 aromatic heterocycles. The van der Waals surface area contributed by atoms with Crippen molar-refractivity contribution >= 4 is 18.0 Å². The number of piperazine rings is 1. The van der Waals surface area contributed by atoms with E-state index in [1.807, 2.05) is 30.3 Å². The Labute approximate surface area is 130 Å². The Morgan fingerprint density at radius 2 is 1.86 bits per heavy atom. The van der Waals surface area contributed by atoms with Gasteiger partial charge in [-0.3, -0.25) is 4.79 Å². The molecule has 1 aliphatic heterocycles. The first-order valence-electron chi connectivity index (χ1n) is 7.21. The summed E-state index contributed by atoms with van der Waals surface area (Å²) < 4.78 is 5.15. The van der Waals surface area contributed by atoms with Gasteiger partial charge in [-0.05, 0) is 23.8 Å². The first-order chi connectivity index (χ1) is 10.6. The molecule has 1 fully saturated rings. The third kappa shape index (κ3) is 4.25. The molecule has 2 rings (SSSR count). The standard InChI is InChI=1S/C16H21N3O3/c1-13(20)18-8-10-19(11-9-18)16(21)17-7-6-14-4-3-5-15(12-14)22-2/h3-7,12H,8-11H2,1-2H3,(H,17,21)/b7-6+. The summed E-state index contributed by atoms with van der Waals surface area (Å²) in [5.74, 6) is 0.826. The van der Waals surface area contributed by atoms with Gasteiger partial charge in [-0.2, -0.15) is 0 Å². The fraction of sp³-hybridized carbons (Fsp3) is 0.375. The number of hydrogen-bond donors (Lipinski definition) is 1. The van der Waals surface area contributed by atoms with Crippen molar-refractivity contribution in [1.82, 2.24) is 15.1 Å². The Kier molecular flexibility index (Phi) is 5.41. The van der Waals surface area contributed by atoms with E-state index in [1.165, 1.54) is 0 Å². The van der Waals surface area contributed by atoms with Gasteiger partial charge in [0.15, 0.2) is 0 Å². The quantitative estimate of drug-likeness (QED) is 0.921. The molecule has 118 valence electrons. The molecule has 1 saturated heterocycles. The Balaban J connectivity index is 1.82. The molecule has 22 heavy (non-hydrogen) atoms. The Hall–Kier alpha value is -2.50. The lowest BCUT2D eigenvalue weighted by Gasteiger charge is -2.33. The van der Waals surface area contributed by atoms with Crippen LogP contribution in [0.15, 0.2) is 30.5 Å². The molecule has 0 unspecified atom stereocenters. The summed E-state index contributed by atoms with van der Waals surface area (Å²) in [5.41, 5.74) is 0.945. The number of methoxy groups -OCH3 is 1. The number of carbonyl (C=O) groups excluding carboxylic acids is 2. The SMILES string of the molecule is COc1cccc(/C=C/NC(=O)N2CCN(C(C)=O)CC2)c1. The lowest BCUT2D eigenvalue weighted by Crippen LogP contribution is -2.52. The third-order valence-corrected chi connectivity index (χ3v) is 3.59. The van der Waals surface area contributed by atoms with Crippen LogP contribution in [0.25, 0.3) is 6.08 Å². The molecular weight excluding hydrogens is 282 g/mol. The zero-order valence-electron chi connectivity index (χ0n) is 12.9. The fourth-order valence-corrected chi connectivity index (χ4v) is 2.27. The first kappa shape index (κ1) is 15.9. The van der Waals surface area contributed by atoms with Gasteiger partial charge in [-0.15, -0.1) is 0 Å². The smallest absolute Gasteiger partial charge is 0.321 e. The summed E-state index contributed by atoms with van der Waals surface area (Å²) >= 11 is 0. The van der Waals surface area contributed by atoms with Crippen LogP contribution in [0.5, 0.6) is 5.75 Å². The maximum atomic E-state index is 12.0. The Morgan fingerprint density at radius 3 is 2.50 bits per heavy atom. The van der Waals surface area contributed by atoms with Crippen molar-refractivity contribution < 1.29 is 14.3 Å². The second-order valence-corrected chi connectivity index (χ2v) is 5.05. The van der Waals surface area contributed by atoms with E-state index in [2.05, 4.69) is 5.32 Å². The van der Waals surface area contributed by atoms with Gasteiger partial charge < -0.3 is 19.9 Å². The summed E-state index contributed by atoms with van der Waals surface area (Å²) in [6.45, 7) is 3.83. The van der Waals surface area contributed by atoms with Gasteiger partial charge in [0.2, 0.25) is 5.91 Å². The highest BCUT2D eigenvalue weighted by atomic mass is 16.5. The minimum Gasteiger partial charge on any atom is -0.497 e. The first-order valence-corrected chi connectivity index (χ1v) is 7.21. The van der Waals surface area contributed by atoms with Crippen LogP contribution in [0.2, 0.25) is 0 Å². The molecule has 1 aliphatic rings. The molecule has 0 bridgehead atoms. The van der Waals surface area contributed by atoms with Crippen molar-refractivity contribution in [2.75, 3.05) is 33.3 Å². The van der Waals surface area contributed by atoms with Gasteiger partial charge >= 0.3 is 6.03 Å². The van der Waals surface area contributed by atoms with E-state index in [1.54, 1.807) is 30.0 Å². The van der Waals surface area contributed by atoms with E-state index in [0.29, 0.717) is 26.2 Å². The van der Waals surface area contributed by atoms with Crippen LogP contribution < -0.4 is 10.1 Å². The highest BCUT2D eigenvalue weighted by molar-refractivity contribution is 5.77. The van der Waals surface area contributed by atoms with Gasteiger partial charge in [0.1, 0.15) is 5.75 Å². The third-order valence-electron chi connectivity index (χ3n) is 3.59. The van der Waals surface area contributed by atoms with Gasteiger partial charge in [-0.25, -0.2) is 4.79 Å². The predicted octanol–water partition coefficient (Wildman–Crippen LogP) is 1.54. The van der Waals surface area contributed by atoms with Gasteiger partial charge in [0.05, 0.1) is 7.11 Å². The summed E-state index contributed by atoms with van der Waals surface area (Å²) in [5, 5.41) is 2.74. The largest absolute Gasteiger partial charge is 0.497 e. The normalized spacial score (nSPS) is 15.0. The summed E-state index contributed by atoms with van der Waals surface area (Å²) in [6.07, 6.45) is 3.43. The molecule has 1 aromatic rings. The van der Waals surface area contributed by atoms with Crippen LogP contribution >= 0.6 is 0 Å². The number of hydrogen-bond acceptors (Lipinski definition) is 3. The number of nitrogens with one attached hydrogen (secondary N) is 1. The van der Waals surface area contributed by atoms with Gasteiger partial charge in [0, 0.05) is 39.3 Å². The molecule has 1 N–H and O–H groups in total. The van der Waals surface area contributed by atoms with Crippen LogP contribution in [0.1, 0.15) is 12.5 Å². The summed E-state index contributed by atoms with van der Waals surface area (Å²) in [7, 11) is 1.62. The average Bonchev–Trinajstić information content (AvgIpc) is 2.55. The van der Waals surface area contributed by atoms with E-state index < -0.39 is 0 Å². The zero-order chi connectivity index (χ0) is 15.9. The number of urea groups is 1. The van der Waals surface area contributed by atoms with Gasteiger partial charge in [0.25, 0.3) is 0 Å². The molecule has 6 nitrogen and oxygen atoms in total. The second kappa shape index (κ2) is 7.49. The van der Waals surface area contributed by atoms with Crippen molar-refractivity contribution in [1.29, 1.82) is 0 Å². The van der Waals surface area contributed by atoms with E-state index >= 15 is 0 Å². The lowest BCUT2D eigenvalue weighted by molar-refractivity contribution is -0.130. The zero-order valence-corrected chi connectivity index (χ0v) is 12.9. The van der Waals surface area contributed by atoms with Crippen molar-refractivity contribution in [2.45, 2.75) is 6.92 Å². The molecule has 0 radical (unpaired) electrons. The van der Waals surface area contributed by atoms with E-state index in [-0.39, 0.29) is 11.9 Å². The Morgan fingerprint density at radius 1 is 1.18 bits per heavy atom. The maximum absolute atomic E-state index is 12.0. The van der Waals surface area contributed by atoms with Crippen LogP contribution in [0.3, 0.4) is 0 Å². The molecule has 1 aromatic carbocycles. The molecule has 0 spiro atoms. The molecular formula is C16H21N3O3. The topological polar surface area (TPSA) is 61.9 Å². The average molecular weight is 303 g/mol. The molecule has 0 aliphatic carbocycles. The highest BCUT2D eigenvalue weighted by Gasteiger charge is 2.21. The van der Waals surface area contributed by atoms with E-state index in [4.69, 9.17) is 4.74 Å². The van der Waals surface area contributed by atoms with Crippen LogP contribution in [-0.4, -0.2) is 55.0 Å². The van der Waals surface area contributed by atoms with Crippen LogP contribution in [0.4, 0.5) is 4.79 Å². The maximum Gasteiger partial charge on any atom is 0.321 e. The molecule has 3 amide bonds. The summed E-state index contributed by atoms with van der Waals surface area (Å²) in [4.78, 5) is 26.7. The van der Waals surface area contributed by atoms with E-state index in [0.717, 1.165) is 11.3 Å². The van der Waals surface area contributed by atoms with Crippen molar-refractivity contribution in [2.24, 2.45) is 0 Å². The van der Waals surface area contributed by atoms with Crippen molar-refractivity contribution in [3.63, 3.8) is 0 Å². The number of rotatable bonds is 3. The molecule has 1 heterocycles. The molecule has 0 atom stereocenters. The number of carbonyl (C=O) groups is 2. The molecule has 0 saturated carbocycles. The monoisotopic (exact) mass is 303 g/mol. The van der Waals surface area contributed by atoms with Gasteiger partial charge in [-0.1, -0.05) is 12.1 Å². The number of ether oxygens (including phenoxy) is 1. The highest BCUT2D eigenvalue weighted by Crippen LogP contribution is 2.13. The fourth-order valence-electron chi connectivity index (χ4n) is 2.27. The van der Waals surface area contributed by atoms with Crippen molar-refractivity contribution in [3.05, 3.63) is 36.0 Å².